The summed E-state index contributed by atoms with van der Waals surface area (Å²) >= 11 is 6.66. The fourth-order valence-electron chi connectivity index (χ4n) is 0.988. The summed E-state index contributed by atoms with van der Waals surface area (Å²) in [7, 11) is 0. The second-order valence-corrected chi connectivity index (χ2v) is 4.45. The molecule has 0 aliphatic heterocycles. The zero-order valence-electron chi connectivity index (χ0n) is 7.72. The lowest BCUT2D eigenvalue weighted by atomic mass is 10.1. The normalized spacial score (nSPS) is 10.2. The molecule has 1 rings (SSSR count). The Balaban J connectivity index is 2.80. The van der Waals surface area contributed by atoms with Gasteiger partial charge >= 0.3 is 0 Å². The molecule has 0 aliphatic carbocycles. The van der Waals surface area contributed by atoms with Crippen LogP contribution in [0.15, 0.2) is 27.1 Å². The topological polar surface area (TPSA) is 26.3 Å². The van der Waals surface area contributed by atoms with Gasteiger partial charge in [-0.2, -0.15) is 0 Å². The molecule has 0 radical (unpaired) electrons. The summed E-state index contributed by atoms with van der Waals surface area (Å²) < 4.78 is 6.78. The van der Waals surface area contributed by atoms with E-state index >= 15 is 0 Å². The van der Waals surface area contributed by atoms with Crippen LogP contribution < -0.4 is 0 Å². The van der Waals surface area contributed by atoms with E-state index in [1.165, 1.54) is 0 Å². The number of hydrogen-bond acceptors (Lipinski definition) is 2. The van der Waals surface area contributed by atoms with Crippen molar-refractivity contribution in [2.24, 2.45) is 0 Å². The number of carbonyl (C=O) groups excluding carboxylic acids is 1. The quantitative estimate of drug-likeness (QED) is 0.794. The van der Waals surface area contributed by atoms with E-state index in [4.69, 9.17) is 4.74 Å². The molecule has 1 aromatic rings. The molecule has 4 heteroatoms. The van der Waals surface area contributed by atoms with E-state index in [1.54, 1.807) is 6.07 Å². The molecule has 0 heterocycles. The molecule has 0 N–H and O–H groups in total. The third-order valence-corrected chi connectivity index (χ3v) is 2.82. The first-order valence-corrected chi connectivity index (χ1v) is 5.79. The Morgan fingerprint density at radius 2 is 2.14 bits per heavy atom. The summed E-state index contributed by atoms with van der Waals surface area (Å²) in [5, 5.41) is 0. The van der Waals surface area contributed by atoms with Crippen LogP contribution in [0.4, 0.5) is 0 Å². The SMILES string of the molecule is CCOCC(=O)c1ccc(Br)cc1Br. The molecule has 0 fully saturated rings. The second-order valence-electron chi connectivity index (χ2n) is 2.68. The summed E-state index contributed by atoms with van der Waals surface area (Å²) in [6.07, 6.45) is 0. The van der Waals surface area contributed by atoms with E-state index in [1.807, 2.05) is 19.1 Å². The van der Waals surface area contributed by atoms with E-state index in [0.717, 1.165) is 8.95 Å². The molecule has 1 aromatic carbocycles. The zero-order chi connectivity index (χ0) is 10.6. The smallest absolute Gasteiger partial charge is 0.189 e. The van der Waals surface area contributed by atoms with Gasteiger partial charge in [0.1, 0.15) is 6.61 Å². The van der Waals surface area contributed by atoms with Crippen LogP contribution in [0.5, 0.6) is 0 Å². The Hall–Kier alpha value is -0.190. The number of rotatable bonds is 4. The number of carbonyl (C=O) groups is 1. The highest BCUT2D eigenvalue weighted by Gasteiger charge is 2.09. The van der Waals surface area contributed by atoms with E-state index in [2.05, 4.69) is 31.9 Å². The predicted molar refractivity (Wildman–Crippen MR) is 62.7 cm³/mol. The van der Waals surface area contributed by atoms with Crippen LogP contribution >= 0.6 is 31.9 Å². The molecule has 0 aliphatic rings. The van der Waals surface area contributed by atoms with Crippen LogP contribution in [0, 0.1) is 0 Å². The van der Waals surface area contributed by atoms with Crippen LogP contribution in [0.3, 0.4) is 0 Å². The molecule has 0 spiro atoms. The van der Waals surface area contributed by atoms with Crippen LogP contribution in [-0.2, 0) is 4.74 Å². The number of ether oxygens (including phenoxy) is 1. The summed E-state index contributed by atoms with van der Waals surface area (Å²) in [4.78, 5) is 11.6. The van der Waals surface area contributed by atoms with Crippen LogP contribution in [0.2, 0.25) is 0 Å². The maximum Gasteiger partial charge on any atom is 0.189 e. The average molecular weight is 322 g/mol. The maximum absolute atomic E-state index is 11.6. The van der Waals surface area contributed by atoms with Crippen LogP contribution in [0.1, 0.15) is 17.3 Å². The van der Waals surface area contributed by atoms with Gasteiger partial charge in [-0.1, -0.05) is 31.9 Å². The van der Waals surface area contributed by atoms with Crippen molar-refractivity contribution in [1.82, 2.24) is 0 Å². The number of hydrogen-bond donors (Lipinski definition) is 0. The summed E-state index contributed by atoms with van der Waals surface area (Å²) in [5.41, 5.74) is 0.654. The van der Waals surface area contributed by atoms with Crippen LogP contribution in [0.25, 0.3) is 0 Å². The standard InChI is InChI=1S/C10H10Br2O2/c1-2-14-6-10(13)8-4-3-7(11)5-9(8)12/h3-5H,2,6H2,1H3. The van der Waals surface area contributed by atoms with Crippen molar-refractivity contribution >= 4 is 37.6 Å². The Morgan fingerprint density at radius 3 is 2.71 bits per heavy atom. The first kappa shape index (κ1) is 11.9. The van der Waals surface area contributed by atoms with Gasteiger partial charge in [0.15, 0.2) is 5.78 Å². The molecule has 0 atom stereocenters. The first-order valence-electron chi connectivity index (χ1n) is 4.21. The molecule has 0 saturated heterocycles. The number of ketones is 1. The fraction of sp³-hybridized carbons (Fsp3) is 0.300. The highest BCUT2D eigenvalue weighted by atomic mass is 79.9. The lowest BCUT2D eigenvalue weighted by Crippen LogP contribution is -2.09. The second kappa shape index (κ2) is 5.63. The van der Waals surface area contributed by atoms with Crippen molar-refractivity contribution in [3.63, 3.8) is 0 Å². The summed E-state index contributed by atoms with van der Waals surface area (Å²) in [5.74, 6) is -0.00812. The third-order valence-electron chi connectivity index (χ3n) is 1.67. The fourth-order valence-corrected chi connectivity index (χ4v) is 2.26. The lowest BCUT2D eigenvalue weighted by Gasteiger charge is -2.04. The predicted octanol–water partition coefficient (Wildman–Crippen LogP) is 3.43. The summed E-state index contributed by atoms with van der Waals surface area (Å²) in [6, 6.07) is 5.46. The molecular weight excluding hydrogens is 312 g/mol. The number of halogens is 2. The van der Waals surface area contributed by atoms with Gasteiger partial charge in [-0.05, 0) is 25.1 Å². The van der Waals surface area contributed by atoms with E-state index in [9.17, 15) is 4.79 Å². The molecule has 0 saturated carbocycles. The highest BCUT2D eigenvalue weighted by molar-refractivity contribution is 9.11. The number of Topliss-reactive ketones (excluding diaryl/α,β-unsaturated/α-hetero) is 1. The van der Waals surface area contributed by atoms with Crippen LogP contribution in [-0.4, -0.2) is 19.0 Å². The maximum atomic E-state index is 11.6. The molecule has 0 unspecified atom stereocenters. The minimum Gasteiger partial charge on any atom is -0.374 e. The van der Waals surface area contributed by atoms with Crippen molar-refractivity contribution in [2.45, 2.75) is 6.92 Å². The Labute approximate surface area is 99.9 Å². The molecule has 0 bridgehead atoms. The minimum absolute atomic E-state index is 0.00812. The van der Waals surface area contributed by atoms with Crippen molar-refractivity contribution in [2.75, 3.05) is 13.2 Å². The van der Waals surface area contributed by atoms with Crippen molar-refractivity contribution < 1.29 is 9.53 Å². The van der Waals surface area contributed by atoms with Gasteiger partial charge in [0.05, 0.1) is 0 Å². The Morgan fingerprint density at radius 1 is 1.43 bits per heavy atom. The van der Waals surface area contributed by atoms with Gasteiger partial charge in [0, 0.05) is 21.1 Å². The molecule has 2 nitrogen and oxygen atoms in total. The largest absolute Gasteiger partial charge is 0.374 e. The Bertz CT molecular complexity index is 337. The summed E-state index contributed by atoms with van der Waals surface area (Å²) in [6.45, 7) is 2.56. The van der Waals surface area contributed by atoms with E-state index in [0.29, 0.717) is 12.2 Å². The molecule has 0 amide bonds. The van der Waals surface area contributed by atoms with E-state index < -0.39 is 0 Å². The van der Waals surface area contributed by atoms with Gasteiger partial charge in [-0.25, -0.2) is 0 Å². The molecule has 14 heavy (non-hydrogen) atoms. The van der Waals surface area contributed by atoms with Gasteiger partial charge in [-0.3, -0.25) is 4.79 Å². The molecular formula is C10H10Br2O2. The lowest BCUT2D eigenvalue weighted by molar-refractivity contribution is 0.0782. The van der Waals surface area contributed by atoms with Gasteiger partial charge in [0.2, 0.25) is 0 Å². The highest BCUT2D eigenvalue weighted by Crippen LogP contribution is 2.22. The Kier molecular flexibility index (Phi) is 4.78. The average Bonchev–Trinajstić information content (AvgIpc) is 2.14. The van der Waals surface area contributed by atoms with E-state index in [-0.39, 0.29) is 12.4 Å². The number of benzene rings is 1. The van der Waals surface area contributed by atoms with Crippen molar-refractivity contribution in [3.8, 4) is 0 Å². The molecule has 0 aromatic heterocycles. The third kappa shape index (κ3) is 3.19. The monoisotopic (exact) mass is 320 g/mol. The van der Waals surface area contributed by atoms with Crippen molar-refractivity contribution in [3.05, 3.63) is 32.7 Å². The first-order chi connectivity index (χ1) is 6.65. The molecule has 76 valence electrons. The zero-order valence-corrected chi connectivity index (χ0v) is 10.9. The van der Waals surface area contributed by atoms with Crippen molar-refractivity contribution in [1.29, 1.82) is 0 Å². The minimum atomic E-state index is -0.00812. The van der Waals surface area contributed by atoms with Gasteiger partial charge in [0.25, 0.3) is 0 Å². The van der Waals surface area contributed by atoms with Gasteiger partial charge in [-0.15, -0.1) is 0 Å². The van der Waals surface area contributed by atoms with Gasteiger partial charge < -0.3 is 4.74 Å².